The molecule has 160 valence electrons. The molecule has 0 aromatic carbocycles. The molecule has 1 aliphatic carbocycles. The number of aromatic nitrogens is 1. The van der Waals surface area contributed by atoms with Crippen LogP contribution in [0.15, 0.2) is 10.6 Å². The fourth-order valence-corrected chi connectivity index (χ4v) is 4.19. The number of hydrogen-bond donors (Lipinski definition) is 1. The maximum atomic E-state index is 12.3. The van der Waals surface area contributed by atoms with Crippen molar-refractivity contribution in [3.05, 3.63) is 17.5 Å². The number of carbonyl (C=O) groups is 2. The van der Waals surface area contributed by atoms with E-state index in [1.807, 2.05) is 11.8 Å². The van der Waals surface area contributed by atoms with Gasteiger partial charge in [0.25, 0.3) is 5.91 Å². The monoisotopic (exact) mass is 404 g/mol. The zero-order chi connectivity index (χ0) is 20.2. The van der Waals surface area contributed by atoms with E-state index in [9.17, 15) is 9.59 Å². The van der Waals surface area contributed by atoms with E-state index in [0.29, 0.717) is 19.0 Å². The second kappa shape index (κ2) is 9.26. The average molecular weight is 405 g/mol. The summed E-state index contributed by atoms with van der Waals surface area (Å²) < 4.78 is 10.7. The molecule has 1 aromatic rings. The number of rotatable bonds is 8. The molecule has 3 heterocycles. The fraction of sp³-hybridized carbons (Fsp3) is 0.762. The molecule has 1 aromatic heterocycles. The van der Waals surface area contributed by atoms with Gasteiger partial charge in [0, 0.05) is 32.2 Å². The van der Waals surface area contributed by atoms with Crippen LogP contribution in [0.1, 0.15) is 48.9 Å². The standard InChI is InChI=1S/C21H32N4O4/c1-2-17-9-19(29-23-17)21(27)22-10-18-13-25(20(26)14-28-18)12-16-5-7-24(8-6-16)11-15-3-4-15/h9,15-16,18H,2-8,10-14H2,1H3,(H,22,27). The number of morpholine rings is 1. The molecule has 1 saturated carbocycles. The third-order valence-corrected chi connectivity index (χ3v) is 6.25. The van der Waals surface area contributed by atoms with Crippen molar-refractivity contribution in [1.29, 1.82) is 0 Å². The number of likely N-dealkylation sites (tertiary alicyclic amines) is 1. The fourth-order valence-electron chi connectivity index (χ4n) is 4.19. The minimum atomic E-state index is -0.299. The van der Waals surface area contributed by atoms with E-state index in [4.69, 9.17) is 9.26 Å². The highest BCUT2D eigenvalue weighted by atomic mass is 16.5. The van der Waals surface area contributed by atoms with Crippen LogP contribution in [0.2, 0.25) is 0 Å². The summed E-state index contributed by atoms with van der Waals surface area (Å²) in [6, 6.07) is 1.66. The summed E-state index contributed by atoms with van der Waals surface area (Å²) in [6.45, 7) is 7.28. The highest BCUT2D eigenvalue weighted by molar-refractivity contribution is 5.91. The van der Waals surface area contributed by atoms with Crippen LogP contribution >= 0.6 is 0 Å². The minimum Gasteiger partial charge on any atom is -0.365 e. The van der Waals surface area contributed by atoms with Crippen molar-refractivity contribution >= 4 is 11.8 Å². The number of hydrogen-bond acceptors (Lipinski definition) is 6. The topological polar surface area (TPSA) is 87.9 Å². The van der Waals surface area contributed by atoms with Crippen molar-refractivity contribution in [3.63, 3.8) is 0 Å². The van der Waals surface area contributed by atoms with Gasteiger partial charge in [-0.25, -0.2) is 0 Å². The highest BCUT2D eigenvalue weighted by Crippen LogP contribution is 2.31. The lowest BCUT2D eigenvalue weighted by Crippen LogP contribution is -2.52. The maximum absolute atomic E-state index is 12.3. The molecule has 0 bridgehead atoms. The van der Waals surface area contributed by atoms with Crippen molar-refractivity contribution in [3.8, 4) is 0 Å². The van der Waals surface area contributed by atoms with Crippen molar-refractivity contribution < 1.29 is 18.8 Å². The van der Waals surface area contributed by atoms with Crippen LogP contribution in [0.25, 0.3) is 0 Å². The summed E-state index contributed by atoms with van der Waals surface area (Å²) in [6.07, 6.45) is 5.64. The summed E-state index contributed by atoms with van der Waals surface area (Å²) in [7, 11) is 0. The van der Waals surface area contributed by atoms with E-state index in [0.717, 1.165) is 50.5 Å². The van der Waals surface area contributed by atoms with Crippen LogP contribution in [0, 0.1) is 11.8 Å². The second-order valence-electron chi connectivity index (χ2n) is 8.67. The van der Waals surface area contributed by atoms with Gasteiger partial charge in [-0.1, -0.05) is 12.1 Å². The third-order valence-electron chi connectivity index (χ3n) is 6.25. The Bertz CT molecular complexity index is 709. The molecule has 3 aliphatic rings. The van der Waals surface area contributed by atoms with Gasteiger partial charge in [0.2, 0.25) is 11.7 Å². The normalized spacial score (nSPS) is 24.1. The number of carbonyl (C=O) groups excluding carboxylic acids is 2. The Hall–Kier alpha value is -1.93. The van der Waals surface area contributed by atoms with Crippen LogP contribution in [-0.4, -0.2) is 78.8 Å². The Morgan fingerprint density at radius 2 is 1.97 bits per heavy atom. The Kier molecular flexibility index (Phi) is 6.50. The largest absolute Gasteiger partial charge is 0.365 e. The third kappa shape index (κ3) is 5.57. The first-order valence-corrected chi connectivity index (χ1v) is 11.0. The number of ether oxygens (including phenoxy) is 1. The Labute approximate surface area is 171 Å². The van der Waals surface area contributed by atoms with E-state index in [-0.39, 0.29) is 30.3 Å². The van der Waals surface area contributed by atoms with Crippen LogP contribution < -0.4 is 5.32 Å². The molecule has 3 fully saturated rings. The van der Waals surface area contributed by atoms with Crippen LogP contribution in [0.5, 0.6) is 0 Å². The second-order valence-corrected chi connectivity index (χ2v) is 8.67. The lowest BCUT2D eigenvalue weighted by molar-refractivity contribution is -0.149. The lowest BCUT2D eigenvalue weighted by Gasteiger charge is -2.38. The zero-order valence-corrected chi connectivity index (χ0v) is 17.3. The van der Waals surface area contributed by atoms with Crippen LogP contribution in [0.3, 0.4) is 0 Å². The maximum Gasteiger partial charge on any atom is 0.289 e. The summed E-state index contributed by atoms with van der Waals surface area (Å²) >= 11 is 0. The zero-order valence-electron chi connectivity index (χ0n) is 17.3. The number of piperidine rings is 1. The molecule has 0 spiro atoms. The first kappa shape index (κ1) is 20.3. The molecule has 1 atom stereocenters. The van der Waals surface area contributed by atoms with Gasteiger partial charge in [-0.3, -0.25) is 9.59 Å². The van der Waals surface area contributed by atoms with Crippen LogP contribution in [-0.2, 0) is 16.0 Å². The van der Waals surface area contributed by atoms with E-state index in [1.165, 1.54) is 19.4 Å². The minimum absolute atomic E-state index is 0.0517. The highest BCUT2D eigenvalue weighted by Gasteiger charge is 2.31. The number of nitrogens with zero attached hydrogens (tertiary/aromatic N) is 3. The number of nitrogens with one attached hydrogen (secondary N) is 1. The molecule has 1 N–H and O–H groups in total. The molecule has 29 heavy (non-hydrogen) atoms. The van der Waals surface area contributed by atoms with E-state index >= 15 is 0 Å². The summed E-state index contributed by atoms with van der Waals surface area (Å²) in [5.41, 5.74) is 0.754. The molecule has 2 saturated heterocycles. The van der Waals surface area contributed by atoms with Gasteiger partial charge >= 0.3 is 0 Å². The molecule has 4 rings (SSSR count). The summed E-state index contributed by atoms with van der Waals surface area (Å²) in [5, 5.41) is 6.67. The summed E-state index contributed by atoms with van der Waals surface area (Å²) in [5.74, 6) is 1.46. The Balaban J connectivity index is 1.20. The van der Waals surface area contributed by atoms with Crippen LogP contribution in [0.4, 0.5) is 0 Å². The first-order chi connectivity index (χ1) is 14.1. The number of aryl methyl sites for hydroxylation is 1. The van der Waals surface area contributed by atoms with Gasteiger partial charge in [0.1, 0.15) is 6.61 Å². The van der Waals surface area contributed by atoms with Gasteiger partial charge in [-0.05, 0) is 57.0 Å². The quantitative estimate of drug-likeness (QED) is 0.703. The Morgan fingerprint density at radius 1 is 1.21 bits per heavy atom. The Morgan fingerprint density at radius 3 is 2.66 bits per heavy atom. The molecule has 8 nitrogen and oxygen atoms in total. The van der Waals surface area contributed by atoms with Gasteiger partial charge in [0.05, 0.1) is 11.8 Å². The van der Waals surface area contributed by atoms with E-state index in [1.54, 1.807) is 6.07 Å². The van der Waals surface area contributed by atoms with Gasteiger partial charge < -0.3 is 24.4 Å². The molecular weight excluding hydrogens is 372 g/mol. The molecule has 2 aliphatic heterocycles. The molecule has 8 heteroatoms. The SMILES string of the molecule is CCc1cc(C(=O)NCC2CN(CC3CCN(CC4CC4)CC3)C(=O)CO2)on1. The average Bonchev–Trinajstić information content (AvgIpc) is 3.41. The van der Waals surface area contributed by atoms with Gasteiger partial charge in [0.15, 0.2) is 0 Å². The summed E-state index contributed by atoms with van der Waals surface area (Å²) in [4.78, 5) is 29.0. The van der Waals surface area contributed by atoms with E-state index < -0.39 is 0 Å². The lowest BCUT2D eigenvalue weighted by atomic mass is 9.95. The molecular formula is C21H32N4O4. The molecule has 0 radical (unpaired) electrons. The van der Waals surface area contributed by atoms with Crippen molar-refractivity contribution in [2.75, 3.05) is 45.9 Å². The first-order valence-electron chi connectivity index (χ1n) is 11.0. The van der Waals surface area contributed by atoms with Gasteiger partial charge in [-0.15, -0.1) is 0 Å². The van der Waals surface area contributed by atoms with E-state index in [2.05, 4.69) is 15.4 Å². The molecule has 1 unspecified atom stereocenters. The smallest absolute Gasteiger partial charge is 0.289 e. The van der Waals surface area contributed by atoms with Gasteiger partial charge in [-0.2, -0.15) is 0 Å². The molecule has 2 amide bonds. The van der Waals surface area contributed by atoms with Crippen molar-refractivity contribution in [2.45, 2.75) is 45.1 Å². The number of amides is 2. The predicted octanol–water partition coefficient (Wildman–Crippen LogP) is 1.32. The van der Waals surface area contributed by atoms with Crippen molar-refractivity contribution in [1.82, 2.24) is 20.3 Å². The predicted molar refractivity (Wildman–Crippen MR) is 106 cm³/mol. The van der Waals surface area contributed by atoms with Crippen molar-refractivity contribution in [2.24, 2.45) is 11.8 Å².